The predicted molar refractivity (Wildman–Crippen MR) is 78.3 cm³/mol. The fourth-order valence-corrected chi connectivity index (χ4v) is 1.77. The number of rotatable bonds is 4. The van der Waals surface area contributed by atoms with E-state index in [0.29, 0.717) is 17.1 Å². The van der Waals surface area contributed by atoms with Crippen molar-refractivity contribution in [2.24, 2.45) is 0 Å². The molecule has 6 heteroatoms. The number of halogens is 1. The van der Waals surface area contributed by atoms with Crippen molar-refractivity contribution in [1.82, 2.24) is 0 Å². The van der Waals surface area contributed by atoms with Crippen LogP contribution in [0.4, 0.5) is 15.8 Å². The lowest BCUT2D eigenvalue weighted by molar-refractivity contribution is 0.102. The molecule has 0 bridgehead atoms. The highest BCUT2D eigenvalue weighted by Gasteiger charge is 2.12. The molecule has 2 aromatic carbocycles. The third-order valence-corrected chi connectivity index (χ3v) is 2.92. The van der Waals surface area contributed by atoms with E-state index >= 15 is 0 Å². The first kappa shape index (κ1) is 14.6. The molecule has 0 radical (unpaired) electrons. The number of carbonyl (C=O) groups excluding carboxylic acids is 1. The van der Waals surface area contributed by atoms with Gasteiger partial charge in [0.25, 0.3) is 5.91 Å². The predicted octanol–water partition coefficient (Wildman–Crippen LogP) is 2.68. The summed E-state index contributed by atoms with van der Waals surface area (Å²) in [6.45, 7) is 0. The lowest BCUT2D eigenvalue weighted by atomic mass is 10.2. The van der Waals surface area contributed by atoms with Crippen molar-refractivity contribution in [2.45, 2.75) is 0 Å². The minimum atomic E-state index is -0.608. The average Bonchev–Trinajstić information content (AvgIpc) is 2.49. The molecule has 0 atom stereocenters. The summed E-state index contributed by atoms with van der Waals surface area (Å²) in [5.41, 5.74) is 6.73. The van der Waals surface area contributed by atoms with Gasteiger partial charge in [-0.25, -0.2) is 4.39 Å². The zero-order valence-electron chi connectivity index (χ0n) is 11.6. The summed E-state index contributed by atoms with van der Waals surface area (Å²) >= 11 is 0. The van der Waals surface area contributed by atoms with Crippen LogP contribution in [0, 0.1) is 5.82 Å². The van der Waals surface area contributed by atoms with Gasteiger partial charge in [-0.15, -0.1) is 0 Å². The molecule has 0 aliphatic rings. The van der Waals surface area contributed by atoms with E-state index in [1.54, 1.807) is 18.2 Å². The molecule has 2 aromatic rings. The second-order valence-corrected chi connectivity index (χ2v) is 4.26. The van der Waals surface area contributed by atoms with E-state index in [2.05, 4.69) is 5.32 Å². The van der Waals surface area contributed by atoms with E-state index in [0.717, 1.165) is 6.07 Å². The van der Waals surface area contributed by atoms with Crippen molar-refractivity contribution in [1.29, 1.82) is 0 Å². The Labute approximate surface area is 121 Å². The SMILES string of the molecule is COc1ccc(N)c(NC(=O)c2ccc(OC)c(F)c2)c1. The van der Waals surface area contributed by atoms with Crippen LogP contribution in [0.5, 0.6) is 11.5 Å². The molecule has 2 rings (SSSR count). The maximum Gasteiger partial charge on any atom is 0.255 e. The molecule has 0 saturated heterocycles. The molecule has 0 aliphatic carbocycles. The number of nitrogens with one attached hydrogen (secondary N) is 1. The number of nitrogens with two attached hydrogens (primary N) is 1. The van der Waals surface area contributed by atoms with Gasteiger partial charge in [-0.2, -0.15) is 0 Å². The van der Waals surface area contributed by atoms with Crippen molar-refractivity contribution < 1.29 is 18.7 Å². The summed E-state index contributed by atoms with van der Waals surface area (Å²) < 4.78 is 23.5. The van der Waals surface area contributed by atoms with Crippen LogP contribution in [0.1, 0.15) is 10.4 Å². The Kier molecular flexibility index (Phi) is 4.27. The Bertz CT molecular complexity index is 674. The summed E-state index contributed by atoms with van der Waals surface area (Å²) in [7, 11) is 2.87. The Balaban J connectivity index is 2.23. The summed E-state index contributed by atoms with van der Waals surface area (Å²) in [5, 5.41) is 2.61. The first-order valence-corrected chi connectivity index (χ1v) is 6.13. The van der Waals surface area contributed by atoms with Crippen molar-refractivity contribution in [3.63, 3.8) is 0 Å². The molecule has 0 spiro atoms. The van der Waals surface area contributed by atoms with Crippen LogP contribution >= 0.6 is 0 Å². The molecule has 0 aliphatic heterocycles. The van der Waals surface area contributed by atoms with E-state index in [1.165, 1.54) is 26.4 Å². The van der Waals surface area contributed by atoms with Crippen LogP contribution in [0.2, 0.25) is 0 Å². The molecule has 110 valence electrons. The number of amides is 1. The molecule has 3 N–H and O–H groups in total. The van der Waals surface area contributed by atoms with Crippen molar-refractivity contribution >= 4 is 17.3 Å². The number of nitrogen functional groups attached to an aromatic ring is 1. The first-order chi connectivity index (χ1) is 10.0. The fourth-order valence-electron chi connectivity index (χ4n) is 1.77. The normalized spacial score (nSPS) is 10.0. The minimum absolute atomic E-state index is 0.0763. The van der Waals surface area contributed by atoms with Crippen LogP contribution in [-0.2, 0) is 0 Å². The van der Waals surface area contributed by atoms with Crippen LogP contribution in [0.25, 0.3) is 0 Å². The maximum atomic E-state index is 13.6. The number of benzene rings is 2. The monoisotopic (exact) mass is 290 g/mol. The largest absolute Gasteiger partial charge is 0.497 e. The number of ether oxygens (including phenoxy) is 2. The second-order valence-electron chi connectivity index (χ2n) is 4.26. The van der Waals surface area contributed by atoms with Gasteiger partial charge < -0.3 is 20.5 Å². The van der Waals surface area contributed by atoms with Crippen molar-refractivity contribution in [3.8, 4) is 11.5 Å². The first-order valence-electron chi connectivity index (χ1n) is 6.13. The highest BCUT2D eigenvalue weighted by Crippen LogP contribution is 2.25. The second kappa shape index (κ2) is 6.13. The third kappa shape index (κ3) is 3.22. The molecular weight excluding hydrogens is 275 g/mol. The van der Waals surface area contributed by atoms with E-state index in [1.807, 2.05) is 0 Å². The topological polar surface area (TPSA) is 73.6 Å². The van der Waals surface area contributed by atoms with Gasteiger partial charge in [0, 0.05) is 11.6 Å². The number of carbonyl (C=O) groups is 1. The molecular formula is C15H15FN2O3. The van der Waals surface area contributed by atoms with Gasteiger partial charge in [0.2, 0.25) is 0 Å². The van der Waals surface area contributed by atoms with Crippen molar-refractivity contribution in [3.05, 3.63) is 47.8 Å². The Morgan fingerprint density at radius 2 is 1.90 bits per heavy atom. The standard InChI is InChI=1S/C15H15FN2O3/c1-20-10-4-5-12(17)13(8-10)18-15(19)9-3-6-14(21-2)11(16)7-9/h3-8H,17H2,1-2H3,(H,18,19). The van der Waals surface area contributed by atoms with Gasteiger partial charge in [-0.3, -0.25) is 4.79 Å². The quantitative estimate of drug-likeness (QED) is 0.849. The lowest BCUT2D eigenvalue weighted by Crippen LogP contribution is -2.13. The van der Waals surface area contributed by atoms with Gasteiger partial charge in [-0.1, -0.05) is 0 Å². The van der Waals surface area contributed by atoms with E-state index in [-0.39, 0.29) is 11.3 Å². The zero-order valence-corrected chi connectivity index (χ0v) is 11.6. The molecule has 5 nitrogen and oxygen atoms in total. The molecule has 1 amide bonds. The van der Waals surface area contributed by atoms with E-state index in [9.17, 15) is 9.18 Å². The fraction of sp³-hybridized carbons (Fsp3) is 0.133. The number of hydrogen-bond acceptors (Lipinski definition) is 4. The Hall–Kier alpha value is -2.76. The van der Waals surface area contributed by atoms with Crippen LogP contribution < -0.4 is 20.5 Å². The van der Waals surface area contributed by atoms with Gasteiger partial charge in [0.05, 0.1) is 25.6 Å². The summed E-state index contributed by atoms with van der Waals surface area (Å²) in [6.07, 6.45) is 0. The smallest absolute Gasteiger partial charge is 0.255 e. The summed E-state index contributed by atoms with van der Waals surface area (Å²) in [5.74, 6) is -0.451. The average molecular weight is 290 g/mol. The van der Waals surface area contributed by atoms with Crippen LogP contribution in [-0.4, -0.2) is 20.1 Å². The summed E-state index contributed by atoms with van der Waals surface area (Å²) in [6, 6.07) is 8.84. The molecule has 0 saturated carbocycles. The zero-order chi connectivity index (χ0) is 15.4. The maximum absolute atomic E-state index is 13.6. The molecule has 21 heavy (non-hydrogen) atoms. The third-order valence-electron chi connectivity index (χ3n) is 2.92. The van der Waals surface area contributed by atoms with Gasteiger partial charge in [0.15, 0.2) is 11.6 Å². The van der Waals surface area contributed by atoms with Crippen molar-refractivity contribution in [2.75, 3.05) is 25.3 Å². The van der Waals surface area contributed by atoms with Gasteiger partial charge in [-0.05, 0) is 30.3 Å². The highest BCUT2D eigenvalue weighted by atomic mass is 19.1. The van der Waals surface area contributed by atoms with E-state index in [4.69, 9.17) is 15.2 Å². The van der Waals surface area contributed by atoms with Gasteiger partial charge >= 0.3 is 0 Å². The number of hydrogen-bond donors (Lipinski definition) is 2. The van der Waals surface area contributed by atoms with Crippen LogP contribution in [0.15, 0.2) is 36.4 Å². The molecule has 0 aromatic heterocycles. The lowest BCUT2D eigenvalue weighted by Gasteiger charge is -2.10. The van der Waals surface area contributed by atoms with E-state index < -0.39 is 11.7 Å². The number of anilines is 2. The highest BCUT2D eigenvalue weighted by molar-refractivity contribution is 6.05. The van der Waals surface area contributed by atoms with Crippen LogP contribution in [0.3, 0.4) is 0 Å². The molecule has 0 fully saturated rings. The Morgan fingerprint density at radius 3 is 2.52 bits per heavy atom. The molecule has 0 heterocycles. The summed E-state index contributed by atoms with van der Waals surface area (Å²) in [4.78, 5) is 12.1. The number of methoxy groups -OCH3 is 2. The Morgan fingerprint density at radius 1 is 1.14 bits per heavy atom. The minimum Gasteiger partial charge on any atom is -0.497 e. The molecule has 0 unspecified atom stereocenters. The van der Waals surface area contributed by atoms with Gasteiger partial charge in [0.1, 0.15) is 5.75 Å².